The van der Waals surface area contributed by atoms with Crippen molar-refractivity contribution in [3.05, 3.63) is 0 Å². The summed E-state index contributed by atoms with van der Waals surface area (Å²) in [5.41, 5.74) is 0. The summed E-state index contributed by atoms with van der Waals surface area (Å²) in [6.07, 6.45) is 5.13. The first-order valence-electron chi connectivity index (χ1n) is 8.03. The fourth-order valence-corrected chi connectivity index (χ4v) is 2.78. The summed E-state index contributed by atoms with van der Waals surface area (Å²) in [4.78, 5) is 23.6. The molecule has 5 heteroatoms. The molecule has 1 fully saturated rings. The molecule has 0 saturated heterocycles. The molecular weight excluding hydrogens is 268 g/mol. The maximum Gasteiger partial charge on any atom is 0.322 e. The Morgan fingerprint density at radius 1 is 1.19 bits per heavy atom. The average Bonchev–Trinajstić information content (AvgIpc) is 2.44. The zero-order valence-corrected chi connectivity index (χ0v) is 13.8. The summed E-state index contributed by atoms with van der Waals surface area (Å²) in [6, 6.07) is -0.121. The van der Waals surface area contributed by atoms with E-state index < -0.39 is 6.04 Å². The van der Waals surface area contributed by atoms with Gasteiger partial charge in [-0.3, -0.25) is 14.9 Å². The predicted octanol–water partition coefficient (Wildman–Crippen LogP) is 1.86. The number of hydrogen-bond acceptors (Lipinski definition) is 4. The molecule has 0 aliphatic heterocycles. The van der Waals surface area contributed by atoms with Crippen LogP contribution in [-0.2, 0) is 14.3 Å². The zero-order chi connectivity index (χ0) is 15.8. The van der Waals surface area contributed by atoms with Gasteiger partial charge in [-0.2, -0.15) is 0 Å². The number of nitrogens with one attached hydrogen (secondary N) is 2. The second-order valence-corrected chi connectivity index (χ2v) is 6.61. The number of amides is 1. The first-order valence-corrected chi connectivity index (χ1v) is 8.03. The molecule has 0 radical (unpaired) electrons. The minimum atomic E-state index is -0.410. The van der Waals surface area contributed by atoms with Gasteiger partial charge >= 0.3 is 5.97 Å². The molecule has 1 aliphatic carbocycles. The van der Waals surface area contributed by atoms with Crippen LogP contribution in [0.15, 0.2) is 0 Å². The number of hydrogen-bond donors (Lipinski definition) is 2. The van der Waals surface area contributed by atoms with Crippen molar-refractivity contribution in [2.45, 2.75) is 65.0 Å². The number of rotatable bonds is 7. The van der Waals surface area contributed by atoms with Crippen LogP contribution < -0.4 is 10.6 Å². The van der Waals surface area contributed by atoms with E-state index in [1.165, 1.54) is 20.0 Å². The van der Waals surface area contributed by atoms with Crippen LogP contribution in [0.4, 0.5) is 0 Å². The second kappa shape index (κ2) is 9.03. The van der Waals surface area contributed by atoms with Crippen LogP contribution in [0, 0.1) is 11.8 Å². The van der Waals surface area contributed by atoms with Gasteiger partial charge in [0.2, 0.25) is 5.91 Å². The number of carbonyl (C=O) groups is 2. The van der Waals surface area contributed by atoms with Crippen molar-refractivity contribution in [3.63, 3.8) is 0 Å². The molecule has 0 aromatic heterocycles. The normalized spacial score (nSPS) is 23.7. The van der Waals surface area contributed by atoms with Gasteiger partial charge in [-0.1, -0.05) is 20.8 Å². The Kier molecular flexibility index (Phi) is 7.72. The zero-order valence-electron chi connectivity index (χ0n) is 13.8. The third-order valence-corrected chi connectivity index (χ3v) is 4.08. The summed E-state index contributed by atoms with van der Waals surface area (Å²) in [5, 5.41) is 6.06. The Bertz CT molecular complexity index is 336. The van der Waals surface area contributed by atoms with Gasteiger partial charge in [0.15, 0.2) is 0 Å². The molecule has 0 aromatic carbocycles. The molecule has 1 amide bonds. The van der Waals surface area contributed by atoms with Crippen molar-refractivity contribution in [2.75, 3.05) is 13.7 Å². The molecule has 1 atom stereocenters. The van der Waals surface area contributed by atoms with Crippen molar-refractivity contribution in [2.24, 2.45) is 11.8 Å². The van der Waals surface area contributed by atoms with Crippen LogP contribution in [0.2, 0.25) is 0 Å². The third-order valence-electron chi connectivity index (χ3n) is 4.08. The third kappa shape index (κ3) is 6.93. The Balaban J connectivity index is 2.33. The highest BCUT2D eigenvalue weighted by Gasteiger charge is 2.23. The lowest BCUT2D eigenvalue weighted by molar-refractivity contribution is -0.143. The first kappa shape index (κ1) is 18.0. The first-order chi connectivity index (χ1) is 9.92. The standard InChI is InChI=1S/C16H30N2O3/c1-11(2)9-14(16(20)21-4)17-10-15(19)18-13-7-5-12(3)6-8-13/h11-14,17H,5-10H2,1-4H3,(H,18,19). The molecule has 1 saturated carbocycles. The average molecular weight is 298 g/mol. The lowest BCUT2D eigenvalue weighted by Crippen LogP contribution is -2.47. The Morgan fingerprint density at radius 2 is 1.81 bits per heavy atom. The highest BCUT2D eigenvalue weighted by Crippen LogP contribution is 2.23. The second-order valence-electron chi connectivity index (χ2n) is 6.61. The fraction of sp³-hybridized carbons (Fsp3) is 0.875. The molecule has 122 valence electrons. The summed E-state index contributed by atoms with van der Waals surface area (Å²) >= 11 is 0. The molecule has 1 unspecified atom stereocenters. The maximum atomic E-state index is 12.0. The lowest BCUT2D eigenvalue weighted by atomic mass is 9.87. The molecule has 1 rings (SSSR count). The van der Waals surface area contributed by atoms with E-state index in [4.69, 9.17) is 4.74 Å². The van der Waals surface area contributed by atoms with Gasteiger partial charge in [0, 0.05) is 6.04 Å². The van der Waals surface area contributed by atoms with E-state index in [1.54, 1.807) is 0 Å². The number of ether oxygens (including phenoxy) is 1. The molecule has 0 heterocycles. The van der Waals surface area contributed by atoms with Gasteiger partial charge in [-0.05, 0) is 43.9 Å². The SMILES string of the molecule is COC(=O)C(CC(C)C)NCC(=O)NC1CCC(C)CC1. The van der Waals surface area contributed by atoms with Gasteiger partial charge in [-0.15, -0.1) is 0 Å². The Morgan fingerprint density at radius 3 is 2.33 bits per heavy atom. The van der Waals surface area contributed by atoms with Crippen molar-refractivity contribution in [3.8, 4) is 0 Å². The molecule has 5 nitrogen and oxygen atoms in total. The highest BCUT2D eigenvalue weighted by atomic mass is 16.5. The Labute approximate surface area is 128 Å². The van der Waals surface area contributed by atoms with Crippen LogP contribution in [0.3, 0.4) is 0 Å². The molecule has 2 N–H and O–H groups in total. The summed E-state index contributed by atoms with van der Waals surface area (Å²) in [6.45, 7) is 6.51. The number of carbonyl (C=O) groups excluding carboxylic acids is 2. The van der Waals surface area contributed by atoms with Gasteiger partial charge in [0.1, 0.15) is 6.04 Å². The van der Waals surface area contributed by atoms with E-state index in [1.807, 2.05) is 13.8 Å². The summed E-state index contributed by atoms with van der Waals surface area (Å²) in [5.74, 6) is 0.797. The van der Waals surface area contributed by atoms with Crippen LogP contribution in [0.5, 0.6) is 0 Å². The summed E-state index contributed by atoms with van der Waals surface area (Å²) < 4.78 is 4.77. The molecular formula is C16H30N2O3. The largest absolute Gasteiger partial charge is 0.468 e. The van der Waals surface area contributed by atoms with Gasteiger partial charge < -0.3 is 10.1 Å². The summed E-state index contributed by atoms with van der Waals surface area (Å²) in [7, 11) is 1.38. The van der Waals surface area contributed by atoms with Crippen molar-refractivity contribution in [1.82, 2.24) is 10.6 Å². The molecule has 0 aromatic rings. The Hall–Kier alpha value is -1.10. The molecule has 21 heavy (non-hydrogen) atoms. The fourth-order valence-electron chi connectivity index (χ4n) is 2.78. The molecule has 0 spiro atoms. The maximum absolute atomic E-state index is 12.0. The van der Waals surface area contributed by atoms with Crippen LogP contribution in [0.1, 0.15) is 52.9 Å². The monoisotopic (exact) mass is 298 g/mol. The van der Waals surface area contributed by atoms with Crippen LogP contribution >= 0.6 is 0 Å². The lowest BCUT2D eigenvalue weighted by Gasteiger charge is -2.27. The van der Waals surface area contributed by atoms with E-state index in [9.17, 15) is 9.59 Å². The minimum Gasteiger partial charge on any atom is -0.468 e. The smallest absolute Gasteiger partial charge is 0.322 e. The van der Waals surface area contributed by atoms with Crippen molar-refractivity contribution < 1.29 is 14.3 Å². The topological polar surface area (TPSA) is 67.4 Å². The van der Waals surface area contributed by atoms with E-state index in [0.29, 0.717) is 12.3 Å². The van der Waals surface area contributed by atoms with Gasteiger partial charge in [0.25, 0.3) is 0 Å². The number of methoxy groups -OCH3 is 1. The van der Waals surface area contributed by atoms with Crippen molar-refractivity contribution in [1.29, 1.82) is 0 Å². The minimum absolute atomic E-state index is 0.0350. The van der Waals surface area contributed by atoms with E-state index in [2.05, 4.69) is 17.6 Å². The van der Waals surface area contributed by atoms with Crippen LogP contribution in [0.25, 0.3) is 0 Å². The quantitative estimate of drug-likeness (QED) is 0.704. The van der Waals surface area contributed by atoms with Crippen LogP contribution in [-0.4, -0.2) is 37.6 Å². The molecule has 1 aliphatic rings. The number of esters is 1. The van der Waals surface area contributed by atoms with E-state index >= 15 is 0 Å². The molecule has 0 bridgehead atoms. The van der Waals surface area contributed by atoms with Gasteiger partial charge in [0.05, 0.1) is 13.7 Å². The van der Waals surface area contributed by atoms with Gasteiger partial charge in [-0.25, -0.2) is 0 Å². The van der Waals surface area contributed by atoms with Crippen molar-refractivity contribution >= 4 is 11.9 Å². The highest BCUT2D eigenvalue weighted by molar-refractivity contribution is 5.80. The van der Waals surface area contributed by atoms with E-state index in [-0.39, 0.29) is 24.5 Å². The predicted molar refractivity (Wildman–Crippen MR) is 82.8 cm³/mol. The van der Waals surface area contributed by atoms with E-state index in [0.717, 1.165) is 18.8 Å².